The Morgan fingerprint density at radius 2 is 1.97 bits per heavy atom. The first kappa shape index (κ1) is 21.2. The van der Waals surface area contributed by atoms with Crippen molar-refractivity contribution in [2.45, 2.75) is 50.9 Å². The molecule has 0 radical (unpaired) electrons. The molecule has 1 atom stereocenters. The number of fused-ring (bicyclic) bond motifs is 3. The van der Waals surface area contributed by atoms with Gasteiger partial charge in [0.15, 0.2) is 0 Å². The van der Waals surface area contributed by atoms with Crippen LogP contribution in [-0.4, -0.2) is 26.7 Å². The number of unbranched alkanes of at least 4 members (excludes halogenated alkanes) is 3. The summed E-state index contributed by atoms with van der Waals surface area (Å²) in [6.45, 7) is 3.71. The Morgan fingerprint density at radius 1 is 1.16 bits per heavy atom. The number of amides is 1. The summed E-state index contributed by atoms with van der Waals surface area (Å²) in [7, 11) is 0. The topological polar surface area (TPSA) is 82.8 Å². The summed E-state index contributed by atoms with van der Waals surface area (Å²) in [5.41, 5.74) is 2.22. The lowest BCUT2D eigenvalue weighted by atomic mass is 10.0. The molecule has 1 N–H and O–H groups in total. The third kappa shape index (κ3) is 4.25. The third-order valence-corrected chi connectivity index (χ3v) is 6.24. The van der Waals surface area contributed by atoms with Gasteiger partial charge < -0.3 is 0 Å². The van der Waals surface area contributed by atoms with Crippen molar-refractivity contribution in [3.63, 3.8) is 0 Å². The highest BCUT2D eigenvalue weighted by Crippen LogP contribution is 2.36. The van der Waals surface area contributed by atoms with Crippen molar-refractivity contribution in [1.29, 1.82) is 0 Å². The Labute approximate surface area is 185 Å². The van der Waals surface area contributed by atoms with Gasteiger partial charge in [-0.2, -0.15) is 0 Å². The number of benzene rings is 1. The van der Waals surface area contributed by atoms with Gasteiger partial charge in [-0.25, -0.2) is 4.90 Å². The van der Waals surface area contributed by atoms with Crippen molar-refractivity contribution in [2.24, 2.45) is 0 Å². The van der Waals surface area contributed by atoms with Gasteiger partial charge in [-0.15, -0.1) is 0 Å². The molecule has 0 saturated heterocycles. The van der Waals surface area contributed by atoms with Crippen LogP contribution >= 0.6 is 11.8 Å². The van der Waals surface area contributed by atoms with E-state index in [1.165, 1.54) is 31.5 Å². The van der Waals surface area contributed by atoms with Crippen LogP contribution in [0.25, 0.3) is 11.3 Å². The summed E-state index contributed by atoms with van der Waals surface area (Å²) in [4.78, 5) is 35.0. The van der Waals surface area contributed by atoms with Crippen LogP contribution in [0.1, 0.15) is 51.4 Å². The number of thioether (sulfide) groups is 1. The standard InChI is InChI=1S/C23H25N5O2S/c1-3-4-5-10-15-31-23-25-21(30)20-17-11-6-7-13-19(17)27(16(2)29)22(28(20)26-23)18-12-8-9-14-24-18/h6-9,11-14,22H,3-5,10,15H2,1-2H3/p+1/t22-/m0/s1. The quantitative estimate of drug-likeness (QED) is 0.347. The van der Waals surface area contributed by atoms with Gasteiger partial charge in [0, 0.05) is 24.0 Å². The predicted octanol–water partition coefficient (Wildman–Crippen LogP) is 3.71. The van der Waals surface area contributed by atoms with E-state index in [0.29, 0.717) is 27.8 Å². The lowest BCUT2D eigenvalue weighted by Crippen LogP contribution is -2.60. The molecule has 3 heterocycles. The number of anilines is 1. The van der Waals surface area contributed by atoms with Gasteiger partial charge in [-0.3, -0.25) is 19.6 Å². The molecule has 1 amide bonds. The molecular formula is C23H26N5O2S+. The van der Waals surface area contributed by atoms with E-state index in [1.54, 1.807) is 15.8 Å². The maximum atomic E-state index is 13.2. The number of carbonyl (C=O) groups excluding carboxylic acids is 1. The Kier molecular flexibility index (Phi) is 6.46. The lowest BCUT2D eigenvalue weighted by molar-refractivity contribution is -0.763. The smallest absolute Gasteiger partial charge is 0.291 e. The summed E-state index contributed by atoms with van der Waals surface area (Å²) in [5, 5.41) is 5.32. The molecular weight excluding hydrogens is 410 g/mol. The number of pyridine rings is 1. The molecule has 8 heteroatoms. The van der Waals surface area contributed by atoms with E-state index in [-0.39, 0.29) is 11.5 Å². The van der Waals surface area contributed by atoms with Crippen molar-refractivity contribution in [1.82, 2.24) is 15.1 Å². The number of hydrogen-bond donors (Lipinski definition) is 1. The van der Waals surface area contributed by atoms with Crippen molar-refractivity contribution in [3.8, 4) is 11.3 Å². The summed E-state index contributed by atoms with van der Waals surface area (Å²) in [6, 6.07) is 13.0. The number of aromatic nitrogens is 4. The molecule has 0 saturated carbocycles. The molecule has 4 rings (SSSR count). The summed E-state index contributed by atoms with van der Waals surface area (Å²) in [6.07, 6.45) is 5.66. The fourth-order valence-electron chi connectivity index (χ4n) is 3.87. The summed E-state index contributed by atoms with van der Waals surface area (Å²) in [5.74, 6) is 0.737. The average Bonchev–Trinajstić information content (AvgIpc) is 2.78. The molecule has 0 bridgehead atoms. The molecule has 31 heavy (non-hydrogen) atoms. The van der Waals surface area contributed by atoms with Crippen LogP contribution in [0.4, 0.5) is 5.69 Å². The zero-order chi connectivity index (χ0) is 21.8. The second-order valence-electron chi connectivity index (χ2n) is 7.50. The number of aromatic amines is 1. The molecule has 0 spiro atoms. The summed E-state index contributed by atoms with van der Waals surface area (Å²) >= 11 is 1.53. The zero-order valence-electron chi connectivity index (χ0n) is 17.7. The SMILES string of the molecule is CCCCCCSc1n[n+]2c(c(=O)[nH]1)-c1ccccc1N(C(C)=O)[C@@H]2c1ccccn1. The van der Waals surface area contributed by atoms with Crippen LogP contribution < -0.4 is 15.1 Å². The first-order valence-corrected chi connectivity index (χ1v) is 11.6. The van der Waals surface area contributed by atoms with Crippen molar-refractivity contribution < 1.29 is 9.48 Å². The Balaban J connectivity index is 1.83. The van der Waals surface area contributed by atoms with E-state index in [1.807, 2.05) is 42.5 Å². The van der Waals surface area contributed by atoms with Gasteiger partial charge in [0.1, 0.15) is 5.69 Å². The number of rotatable bonds is 7. The highest BCUT2D eigenvalue weighted by atomic mass is 32.2. The first-order chi connectivity index (χ1) is 15.1. The van der Waals surface area contributed by atoms with Crippen LogP contribution in [0.3, 0.4) is 0 Å². The molecule has 0 fully saturated rings. The molecule has 0 unspecified atom stereocenters. The first-order valence-electron chi connectivity index (χ1n) is 10.6. The number of hydrogen-bond acceptors (Lipinski definition) is 5. The van der Waals surface area contributed by atoms with Crippen LogP contribution in [0.15, 0.2) is 58.6 Å². The molecule has 1 aromatic carbocycles. The molecule has 2 aromatic heterocycles. The fourth-order valence-corrected chi connectivity index (χ4v) is 4.72. The van der Waals surface area contributed by atoms with Crippen molar-refractivity contribution in [3.05, 3.63) is 64.7 Å². The fraction of sp³-hybridized carbons (Fsp3) is 0.348. The van der Waals surface area contributed by atoms with Gasteiger partial charge in [0.25, 0.3) is 0 Å². The normalized spacial score (nSPS) is 14.8. The van der Waals surface area contributed by atoms with E-state index in [0.717, 1.165) is 18.6 Å². The van der Waals surface area contributed by atoms with E-state index in [4.69, 9.17) is 5.10 Å². The Hall–Kier alpha value is -3.00. The van der Waals surface area contributed by atoms with Crippen LogP contribution in [0.5, 0.6) is 0 Å². The van der Waals surface area contributed by atoms with Gasteiger partial charge in [0.05, 0.1) is 11.3 Å². The van der Waals surface area contributed by atoms with Crippen LogP contribution in [0.2, 0.25) is 0 Å². The van der Waals surface area contributed by atoms with E-state index in [9.17, 15) is 9.59 Å². The summed E-state index contributed by atoms with van der Waals surface area (Å²) < 4.78 is 1.65. The van der Waals surface area contributed by atoms with Gasteiger partial charge >= 0.3 is 17.4 Å². The van der Waals surface area contributed by atoms with Crippen LogP contribution in [0, 0.1) is 0 Å². The lowest BCUT2D eigenvalue weighted by Gasteiger charge is -2.30. The Morgan fingerprint density at radius 3 is 2.71 bits per heavy atom. The number of nitrogens with zero attached hydrogens (tertiary/aromatic N) is 4. The Bertz CT molecular complexity index is 1130. The minimum absolute atomic E-state index is 0.142. The maximum Gasteiger partial charge on any atom is 0.325 e. The van der Waals surface area contributed by atoms with E-state index < -0.39 is 6.17 Å². The zero-order valence-corrected chi connectivity index (χ0v) is 18.6. The number of para-hydroxylation sites is 1. The van der Waals surface area contributed by atoms with E-state index in [2.05, 4.69) is 16.9 Å². The van der Waals surface area contributed by atoms with Crippen LogP contribution in [-0.2, 0) is 4.79 Å². The highest BCUT2D eigenvalue weighted by molar-refractivity contribution is 7.99. The number of carbonyl (C=O) groups is 1. The highest BCUT2D eigenvalue weighted by Gasteiger charge is 2.45. The minimum atomic E-state index is -0.634. The minimum Gasteiger partial charge on any atom is -0.291 e. The molecule has 7 nitrogen and oxygen atoms in total. The molecule has 160 valence electrons. The second kappa shape index (κ2) is 9.43. The molecule has 0 aliphatic carbocycles. The predicted molar refractivity (Wildman–Crippen MR) is 121 cm³/mol. The monoisotopic (exact) mass is 436 g/mol. The van der Waals surface area contributed by atoms with Gasteiger partial charge in [-0.1, -0.05) is 56.1 Å². The maximum absolute atomic E-state index is 13.2. The van der Waals surface area contributed by atoms with Gasteiger partial charge in [0.2, 0.25) is 11.1 Å². The molecule has 1 aliphatic heterocycles. The second-order valence-corrected chi connectivity index (χ2v) is 8.58. The largest absolute Gasteiger partial charge is 0.325 e. The number of nitrogens with one attached hydrogen (secondary N) is 1. The van der Waals surface area contributed by atoms with Crippen molar-refractivity contribution in [2.75, 3.05) is 10.7 Å². The third-order valence-electron chi connectivity index (χ3n) is 5.29. The molecule has 3 aromatic rings. The average molecular weight is 437 g/mol. The molecule has 1 aliphatic rings. The number of H-pyrrole nitrogens is 1. The van der Waals surface area contributed by atoms with E-state index >= 15 is 0 Å². The van der Waals surface area contributed by atoms with Crippen molar-refractivity contribution >= 4 is 23.4 Å². The van der Waals surface area contributed by atoms with Gasteiger partial charge in [-0.05, 0) is 35.4 Å².